The molecule has 3 nitrogen and oxygen atoms in total. The summed E-state index contributed by atoms with van der Waals surface area (Å²) in [6, 6.07) is 12.1. The second-order valence-corrected chi connectivity index (χ2v) is 3.69. The molecular formula is C14H9FN2O. The van der Waals surface area contributed by atoms with Gasteiger partial charge in [0.2, 0.25) is 0 Å². The van der Waals surface area contributed by atoms with E-state index in [0.717, 1.165) is 0 Å². The molecule has 0 bridgehead atoms. The van der Waals surface area contributed by atoms with Crippen molar-refractivity contribution in [1.82, 2.24) is 4.98 Å². The van der Waals surface area contributed by atoms with Gasteiger partial charge in [-0.3, -0.25) is 9.78 Å². The third-order valence-corrected chi connectivity index (χ3v) is 2.50. The lowest BCUT2D eigenvalue weighted by Crippen LogP contribution is -2.12. The SMILES string of the molecule is N#C[C@H](C(=O)c1ccc(F)cc1)c1ccccn1. The first kappa shape index (κ1) is 11.9. The van der Waals surface area contributed by atoms with Crippen LogP contribution in [0.2, 0.25) is 0 Å². The Morgan fingerprint density at radius 1 is 1.22 bits per heavy atom. The molecule has 0 saturated heterocycles. The average Bonchev–Trinajstić information content (AvgIpc) is 2.41. The number of aromatic nitrogens is 1. The summed E-state index contributed by atoms with van der Waals surface area (Å²) in [5.74, 6) is -1.76. The second kappa shape index (κ2) is 5.19. The van der Waals surface area contributed by atoms with E-state index in [4.69, 9.17) is 5.26 Å². The Hall–Kier alpha value is -2.54. The predicted molar refractivity (Wildman–Crippen MR) is 63.3 cm³/mol. The van der Waals surface area contributed by atoms with E-state index in [2.05, 4.69) is 4.98 Å². The number of nitriles is 1. The molecule has 1 atom stereocenters. The quantitative estimate of drug-likeness (QED) is 0.775. The van der Waals surface area contributed by atoms with Gasteiger partial charge in [-0.25, -0.2) is 4.39 Å². The molecular weight excluding hydrogens is 231 g/mol. The number of ketones is 1. The number of hydrogen-bond donors (Lipinski definition) is 0. The third kappa shape index (κ3) is 2.41. The van der Waals surface area contributed by atoms with E-state index in [1.54, 1.807) is 18.2 Å². The molecule has 0 saturated carbocycles. The van der Waals surface area contributed by atoms with Crippen LogP contribution in [-0.4, -0.2) is 10.8 Å². The number of pyridine rings is 1. The molecule has 0 aliphatic heterocycles. The van der Waals surface area contributed by atoms with Crippen molar-refractivity contribution in [3.05, 3.63) is 65.7 Å². The van der Waals surface area contributed by atoms with Crippen LogP contribution >= 0.6 is 0 Å². The van der Waals surface area contributed by atoms with E-state index in [-0.39, 0.29) is 5.78 Å². The van der Waals surface area contributed by atoms with E-state index in [9.17, 15) is 9.18 Å². The molecule has 4 heteroatoms. The number of halogens is 1. The number of Topliss-reactive ketones (excluding diaryl/α,β-unsaturated/α-hetero) is 1. The van der Waals surface area contributed by atoms with Crippen molar-refractivity contribution in [3.63, 3.8) is 0 Å². The van der Waals surface area contributed by atoms with Crippen molar-refractivity contribution in [3.8, 4) is 6.07 Å². The van der Waals surface area contributed by atoms with Gasteiger partial charge in [0.25, 0.3) is 0 Å². The van der Waals surface area contributed by atoms with Crippen LogP contribution in [0.1, 0.15) is 22.0 Å². The fourth-order valence-corrected chi connectivity index (χ4v) is 1.59. The summed E-state index contributed by atoms with van der Waals surface area (Å²) in [5.41, 5.74) is 0.697. The number of benzene rings is 1. The molecule has 2 rings (SSSR count). The van der Waals surface area contributed by atoms with Crippen LogP contribution in [0.3, 0.4) is 0 Å². The molecule has 0 aliphatic rings. The summed E-state index contributed by atoms with van der Waals surface area (Å²) in [6.45, 7) is 0. The molecule has 0 aliphatic carbocycles. The monoisotopic (exact) mass is 240 g/mol. The van der Waals surface area contributed by atoms with Crippen LogP contribution in [0.5, 0.6) is 0 Å². The van der Waals surface area contributed by atoms with Crippen molar-refractivity contribution in [2.24, 2.45) is 0 Å². The molecule has 88 valence electrons. The number of nitrogens with zero attached hydrogens (tertiary/aromatic N) is 2. The molecule has 0 spiro atoms. The molecule has 2 aromatic rings. The van der Waals surface area contributed by atoms with Crippen LogP contribution in [-0.2, 0) is 0 Å². The largest absolute Gasteiger partial charge is 0.292 e. The van der Waals surface area contributed by atoms with Gasteiger partial charge < -0.3 is 0 Å². The van der Waals surface area contributed by atoms with Gasteiger partial charge in [-0.2, -0.15) is 5.26 Å². The first-order valence-corrected chi connectivity index (χ1v) is 5.32. The first-order valence-electron chi connectivity index (χ1n) is 5.32. The number of carbonyl (C=O) groups excluding carboxylic acids is 1. The highest BCUT2D eigenvalue weighted by molar-refractivity contribution is 6.02. The molecule has 0 N–H and O–H groups in total. The van der Waals surface area contributed by atoms with Crippen molar-refractivity contribution in [2.75, 3.05) is 0 Å². The topological polar surface area (TPSA) is 53.8 Å². The van der Waals surface area contributed by atoms with Crippen molar-refractivity contribution >= 4 is 5.78 Å². The maximum atomic E-state index is 12.8. The highest BCUT2D eigenvalue weighted by atomic mass is 19.1. The maximum absolute atomic E-state index is 12.8. The first-order chi connectivity index (χ1) is 8.72. The van der Waals surface area contributed by atoms with Crippen LogP contribution in [0, 0.1) is 17.1 Å². The van der Waals surface area contributed by atoms with Gasteiger partial charge in [0.05, 0.1) is 11.8 Å². The predicted octanol–water partition coefficient (Wildman–Crippen LogP) is 2.71. The Balaban J connectivity index is 2.32. The standard InChI is InChI=1S/C14H9FN2O/c15-11-6-4-10(5-7-11)14(18)12(9-16)13-3-1-2-8-17-13/h1-8,12H/t12-/m0/s1. The fourth-order valence-electron chi connectivity index (χ4n) is 1.59. The molecule has 1 aromatic carbocycles. The summed E-state index contributed by atoms with van der Waals surface area (Å²) < 4.78 is 12.8. The summed E-state index contributed by atoms with van der Waals surface area (Å²) >= 11 is 0. The van der Waals surface area contributed by atoms with Gasteiger partial charge in [-0.05, 0) is 36.4 Å². The van der Waals surface area contributed by atoms with Gasteiger partial charge in [0.15, 0.2) is 11.7 Å². The molecule has 1 heterocycles. The number of carbonyl (C=O) groups is 1. The van der Waals surface area contributed by atoms with Crippen LogP contribution < -0.4 is 0 Å². The minimum absolute atomic E-state index is 0.300. The van der Waals surface area contributed by atoms with Crippen LogP contribution in [0.4, 0.5) is 4.39 Å². The Morgan fingerprint density at radius 2 is 1.94 bits per heavy atom. The smallest absolute Gasteiger partial charge is 0.186 e. The molecule has 0 unspecified atom stereocenters. The number of rotatable bonds is 3. The zero-order valence-corrected chi connectivity index (χ0v) is 9.38. The van der Waals surface area contributed by atoms with E-state index in [1.807, 2.05) is 6.07 Å². The zero-order chi connectivity index (χ0) is 13.0. The minimum Gasteiger partial charge on any atom is -0.292 e. The summed E-state index contributed by atoms with van der Waals surface area (Å²) in [7, 11) is 0. The van der Waals surface area contributed by atoms with Crippen LogP contribution in [0.25, 0.3) is 0 Å². The van der Waals surface area contributed by atoms with Crippen molar-refractivity contribution < 1.29 is 9.18 Å². The minimum atomic E-state index is -0.961. The van der Waals surface area contributed by atoms with Crippen molar-refractivity contribution in [2.45, 2.75) is 5.92 Å². The third-order valence-electron chi connectivity index (χ3n) is 2.50. The normalized spacial score (nSPS) is 11.6. The fraction of sp³-hybridized carbons (Fsp3) is 0.0714. The highest BCUT2D eigenvalue weighted by Crippen LogP contribution is 2.18. The summed E-state index contributed by atoms with van der Waals surface area (Å²) in [6.07, 6.45) is 1.53. The van der Waals surface area contributed by atoms with Gasteiger partial charge >= 0.3 is 0 Å². The van der Waals surface area contributed by atoms with Gasteiger partial charge in [0.1, 0.15) is 5.82 Å². The van der Waals surface area contributed by atoms with Crippen molar-refractivity contribution in [1.29, 1.82) is 5.26 Å². The maximum Gasteiger partial charge on any atom is 0.186 e. The zero-order valence-electron chi connectivity index (χ0n) is 9.38. The number of hydrogen-bond acceptors (Lipinski definition) is 3. The molecule has 1 aromatic heterocycles. The Kier molecular flexibility index (Phi) is 3.44. The summed E-state index contributed by atoms with van der Waals surface area (Å²) in [5, 5.41) is 9.08. The Morgan fingerprint density at radius 3 is 2.50 bits per heavy atom. The average molecular weight is 240 g/mol. The van der Waals surface area contributed by atoms with E-state index in [0.29, 0.717) is 11.3 Å². The lowest BCUT2D eigenvalue weighted by Gasteiger charge is -2.07. The molecule has 0 fully saturated rings. The lowest BCUT2D eigenvalue weighted by molar-refractivity contribution is 0.0977. The summed E-state index contributed by atoms with van der Waals surface area (Å²) in [4.78, 5) is 16.1. The van der Waals surface area contributed by atoms with Gasteiger partial charge in [0, 0.05) is 11.8 Å². The van der Waals surface area contributed by atoms with Crippen LogP contribution in [0.15, 0.2) is 48.7 Å². The Labute approximate surface area is 104 Å². The Bertz CT molecular complexity index is 587. The van der Waals surface area contributed by atoms with E-state index < -0.39 is 11.7 Å². The molecule has 18 heavy (non-hydrogen) atoms. The second-order valence-electron chi connectivity index (χ2n) is 3.69. The van der Waals surface area contributed by atoms with E-state index >= 15 is 0 Å². The van der Waals surface area contributed by atoms with E-state index in [1.165, 1.54) is 30.5 Å². The van der Waals surface area contributed by atoms with Gasteiger partial charge in [-0.15, -0.1) is 0 Å². The highest BCUT2D eigenvalue weighted by Gasteiger charge is 2.22. The molecule has 0 amide bonds. The molecule has 0 radical (unpaired) electrons. The lowest BCUT2D eigenvalue weighted by atomic mass is 9.95. The van der Waals surface area contributed by atoms with Gasteiger partial charge in [-0.1, -0.05) is 6.07 Å².